The first-order chi connectivity index (χ1) is 13.7. The van der Waals surface area contributed by atoms with Crippen LogP contribution in [0.1, 0.15) is 0 Å². The highest BCUT2D eigenvalue weighted by atomic mass is 16.6. The predicted molar refractivity (Wildman–Crippen MR) is 101 cm³/mol. The number of piperazine rings is 1. The summed E-state index contributed by atoms with van der Waals surface area (Å²) in [6, 6.07) is 9.49. The van der Waals surface area contributed by atoms with Crippen molar-refractivity contribution in [3.63, 3.8) is 0 Å². The molecule has 28 heavy (non-hydrogen) atoms. The van der Waals surface area contributed by atoms with E-state index in [1.54, 1.807) is 6.20 Å². The molecule has 0 spiro atoms. The van der Waals surface area contributed by atoms with Gasteiger partial charge in [0.25, 0.3) is 0 Å². The molecule has 2 aromatic heterocycles. The summed E-state index contributed by atoms with van der Waals surface area (Å²) in [5.41, 5.74) is -0.292. The van der Waals surface area contributed by atoms with E-state index in [4.69, 9.17) is 10.5 Å². The number of hydrogen-bond donors (Lipinski definition) is 0. The van der Waals surface area contributed by atoms with Crippen molar-refractivity contribution in [3.05, 3.63) is 40.8 Å². The number of hydrogen-bond acceptors (Lipinski definition) is 10. The minimum Gasteiger partial charge on any atom is -0.353 e. The van der Waals surface area contributed by atoms with Crippen molar-refractivity contribution in [1.82, 2.24) is 15.0 Å². The van der Waals surface area contributed by atoms with Crippen LogP contribution < -0.4 is 14.7 Å². The van der Waals surface area contributed by atoms with Gasteiger partial charge in [-0.05, 0) is 12.1 Å². The molecular formula is C17H17N9O2. The van der Waals surface area contributed by atoms with Crippen molar-refractivity contribution in [2.45, 2.75) is 0 Å². The predicted octanol–water partition coefficient (Wildman–Crippen LogP) is 0.960. The minimum atomic E-state index is -0.558. The van der Waals surface area contributed by atoms with Crippen molar-refractivity contribution < 1.29 is 4.92 Å². The highest BCUT2D eigenvalue weighted by Gasteiger charge is 2.31. The first-order valence-electron chi connectivity index (χ1n) is 8.55. The second kappa shape index (κ2) is 8.60. The second-order valence-electron chi connectivity index (χ2n) is 5.96. The van der Waals surface area contributed by atoms with E-state index >= 15 is 0 Å². The number of nitro groups is 1. The number of nitriles is 2. The van der Waals surface area contributed by atoms with Crippen molar-refractivity contribution in [3.8, 4) is 12.1 Å². The summed E-state index contributed by atoms with van der Waals surface area (Å²) in [6.07, 6.45) is 2.95. The minimum absolute atomic E-state index is 0.0229. The molecule has 0 aliphatic carbocycles. The van der Waals surface area contributed by atoms with E-state index in [9.17, 15) is 10.1 Å². The Balaban J connectivity index is 1.87. The first kappa shape index (κ1) is 18.8. The summed E-state index contributed by atoms with van der Waals surface area (Å²) >= 11 is 0. The lowest BCUT2D eigenvalue weighted by molar-refractivity contribution is -0.383. The molecule has 3 heterocycles. The standard InChI is InChI=1S/C17H17N9O2/c18-4-7-24(8-5-19)16-15(26(27)28)17(22-13-21-16)25-11-9-23(10-12-25)14-3-1-2-6-20-14/h1-3,6,13H,7-12H2. The molecule has 1 aliphatic heterocycles. The molecule has 1 fully saturated rings. The molecule has 11 nitrogen and oxygen atoms in total. The molecule has 142 valence electrons. The van der Waals surface area contributed by atoms with Crippen molar-refractivity contribution in [2.24, 2.45) is 0 Å². The van der Waals surface area contributed by atoms with Crippen LogP contribution in [0.4, 0.5) is 23.1 Å². The highest BCUT2D eigenvalue weighted by molar-refractivity contribution is 5.72. The average molecular weight is 379 g/mol. The second-order valence-corrected chi connectivity index (χ2v) is 5.96. The van der Waals surface area contributed by atoms with Crippen LogP contribution in [-0.4, -0.2) is 59.1 Å². The van der Waals surface area contributed by atoms with Crippen LogP contribution in [0.2, 0.25) is 0 Å². The molecule has 3 rings (SSSR count). The Kier molecular flexibility index (Phi) is 5.77. The van der Waals surface area contributed by atoms with Crippen LogP contribution in [0.25, 0.3) is 0 Å². The van der Waals surface area contributed by atoms with Crippen LogP contribution in [0.5, 0.6) is 0 Å². The largest absolute Gasteiger partial charge is 0.353 e. The lowest BCUT2D eigenvalue weighted by Gasteiger charge is -2.35. The lowest BCUT2D eigenvalue weighted by atomic mass is 10.2. The Hall–Kier alpha value is -3.99. The maximum Gasteiger partial charge on any atom is 0.353 e. The van der Waals surface area contributed by atoms with E-state index in [0.29, 0.717) is 26.2 Å². The summed E-state index contributed by atoms with van der Waals surface area (Å²) in [4.78, 5) is 28.8. The van der Waals surface area contributed by atoms with Gasteiger partial charge in [-0.1, -0.05) is 6.07 Å². The third-order valence-corrected chi connectivity index (χ3v) is 4.34. The summed E-state index contributed by atoms with van der Waals surface area (Å²) < 4.78 is 0. The van der Waals surface area contributed by atoms with Gasteiger partial charge >= 0.3 is 5.69 Å². The molecule has 1 aliphatic rings. The van der Waals surface area contributed by atoms with Gasteiger partial charge in [-0.15, -0.1) is 0 Å². The number of aromatic nitrogens is 3. The zero-order valence-electron chi connectivity index (χ0n) is 15.0. The smallest absolute Gasteiger partial charge is 0.353 e. The number of nitrogens with zero attached hydrogens (tertiary/aromatic N) is 9. The number of rotatable bonds is 6. The van der Waals surface area contributed by atoms with Gasteiger partial charge in [-0.3, -0.25) is 10.1 Å². The average Bonchev–Trinajstić information content (AvgIpc) is 2.74. The molecule has 1 saturated heterocycles. The summed E-state index contributed by atoms with van der Waals surface area (Å²) in [6.45, 7) is 1.94. The summed E-state index contributed by atoms with van der Waals surface area (Å²) in [5, 5.41) is 29.7. The molecule has 0 N–H and O–H groups in total. The number of pyridine rings is 1. The van der Waals surface area contributed by atoms with Gasteiger partial charge in [0.1, 0.15) is 25.2 Å². The Bertz CT molecular complexity index is 898. The van der Waals surface area contributed by atoms with Gasteiger partial charge in [0, 0.05) is 32.4 Å². The molecule has 0 bridgehead atoms. The van der Waals surface area contributed by atoms with Crippen LogP contribution in [-0.2, 0) is 0 Å². The van der Waals surface area contributed by atoms with E-state index in [1.807, 2.05) is 35.2 Å². The quantitative estimate of drug-likeness (QED) is 0.405. The molecule has 0 aromatic carbocycles. The molecule has 0 saturated carbocycles. The molecule has 2 aromatic rings. The van der Waals surface area contributed by atoms with Gasteiger partial charge < -0.3 is 14.7 Å². The fraction of sp³-hybridized carbons (Fsp3) is 0.353. The van der Waals surface area contributed by atoms with Gasteiger partial charge in [-0.2, -0.15) is 10.5 Å². The maximum absolute atomic E-state index is 11.8. The van der Waals surface area contributed by atoms with Gasteiger partial charge in [-0.25, -0.2) is 15.0 Å². The molecule has 11 heteroatoms. The monoisotopic (exact) mass is 379 g/mol. The molecule has 0 unspecified atom stereocenters. The third kappa shape index (κ3) is 3.88. The van der Waals surface area contributed by atoms with Crippen LogP contribution >= 0.6 is 0 Å². The lowest BCUT2D eigenvalue weighted by Crippen LogP contribution is -2.47. The first-order valence-corrected chi connectivity index (χ1v) is 8.55. The fourth-order valence-corrected chi connectivity index (χ4v) is 3.05. The van der Waals surface area contributed by atoms with E-state index in [1.165, 1.54) is 11.2 Å². The molecule has 0 amide bonds. The van der Waals surface area contributed by atoms with Crippen LogP contribution in [0.15, 0.2) is 30.7 Å². The van der Waals surface area contributed by atoms with Crippen molar-refractivity contribution in [1.29, 1.82) is 10.5 Å². The zero-order chi connectivity index (χ0) is 19.9. The topological polar surface area (TPSA) is 139 Å². The zero-order valence-corrected chi connectivity index (χ0v) is 15.0. The van der Waals surface area contributed by atoms with Crippen LogP contribution in [0, 0.1) is 32.8 Å². The molecular weight excluding hydrogens is 362 g/mol. The van der Waals surface area contributed by atoms with Crippen molar-refractivity contribution in [2.75, 3.05) is 54.0 Å². The highest BCUT2D eigenvalue weighted by Crippen LogP contribution is 2.34. The Morgan fingerprint density at radius 3 is 2.32 bits per heavy atom. The van der Waals surface area contributed by atoms with E-state index in [0.717, 1.165) is 5.82 Å². The third-order valence-electron chi connectivity index (χ3n) is 4.34. The van der Waals surface area contributed by atoms with Gasteiger partial charge in [0.15, 0.2) is 0 Å². The molecule has 0 atom stereocenters. The van der Waals surface area contributed by atoms with E-state index in [2.05, 4.69) is 19.9 Å². The van der Waals surface area contributed by atoms with E-state index < -0.39 is 4.92 Å². The van der Waals surface area contributed by atoms with Crippen molar-refractivity contribution >= 4 is 23.1 Å². The van der Waals surface area contributed by atoms with Gasteiger partial charge in [0.05, 0.1) is 17.1 Å². The fourth-order valence-electron chi connectivity index (χ4n) is 3.05. The van der Waals surface area contributed by atoms with Crippen LogP contribution in [0.3, 0.4) is 0 Å². The number of anilines is 3. The summed E-state index contributed by atoms with van der Waals surface area (Å²) in [7, 11) is 0. The summed E-state index contributed by atoms with van der Waals surface area (Å²) in [5.74, 6) is 1.02. The van der Waals surface area contributed by atoms with E-state index in [-0.39, 0.29) is 30.4 Å². The Labute approximate surface area is 161 Å². The normalized spacial score (nSPS) is 13.5. The van der Waals surface area contributed by atoms with Gasteiger partial charge in [0.2, 0.25) is 11.6 Å². The maximum atomic E-state index is 11.8. The Morgan fingerprint density at radius 2 is 1.75 bits per heavy atom. The Morgan fingerprint density at radius 1 is 1.07 bits per heavy atom. The SMILES string of the molecule is N#CCN(CC#N)c1ncnc(N2CCN(c3ccccn3)CC2)c1[N+](=O)[O-]. The molecule has 0 radical (unpaired) electrons.